The quantitative estimate of drug-likeness (QED) is 0.719. The van der Waals surface area contributed by atoms with Gasteiger partial charge in [-0.2, -0.15) is 0 Å². The Labute approximate surface area is 106 Å². The van der Waals surface area contributed by atoms with Gasteiger partial charge in [-0.1, -0.05) is 26.0 Å². The number of ether oxygens (including phenoxy) is 1. The molecule has 1 heterocycles. The highest BCUT2D eigenvalue weighted by molar-refractivity contribution is 5.13. The number of nitrogens with zero attached hydrogens (tertiary/aromatic N) is 1. The van der Waals surface area contributed by atoms with Gasteiger partial charge in [-0.05, 0) is 26.8 Å². The van der Waals surface area contributed by atoms with Gasteiger partial charge in [0.1, 0.15) is 0 Å². The molecule has 17 heavy (non-hydrogen) atoms. The molecule has 0 aromatic heterocycles. The molecule has 1 rings (SSSR count). The van der Waals surface area contributed by atoms with E-state index in [2.05, 4.69) is 44.5 Å². The van der Waals surface area contributed by atoms with Crippen LogP contribution in [0.4, 0.5) is 0 Å². The first-order valence-electron chi connectivity index (χ1n) is 6.77. The molecule has 1 fully saturated rings. The molecule has 0 amide bonds. The lowest BCUT2D eigenvalue weighted by atomic mass is 9.83. The zero-order valence-corrected chi connectivity index (χ0v) is 11.9. The summed E-state index contributed by atoms with van der Waals surface area (Å²) in [5, 5.41) is 3.59. The predicted octanol–water partition coefficient (Wildman–Crippen LogP) is 2.04. The molecule has 3 heteroatoms. The van der Waals surface area contributed by atoms with Crippen molar-refractivity contribution in [1.29, 1.82) is 0 Å². The van der Waals surface area contributed by atoms with Crippen molar-refractivity contribution < 1.29 is 4.74 Å². The minimum atomic E-state index is 0.144. The molecule has 2 atom stereocenters. The topological polar surface area (TPSA) is 24.5 Å². The van der Waals surface area contributed by atoms with Gasteiger partial charge in [-0.3, -0.25) is 4.90 Å². The molecule has 0 aromatic rings. The van der Waals surface area contributed by atoms with Gasteiger partial charge in [0.05, 0.1) is 13.2 Å². The van der Waals surface area contributed by atoms with Gasteiger partial charge in [0.15, 0.2) is 0 Å². The number of morpholine rings is 1. The summed E-state index contributed by atoms with van der Waals surface area (Å²) < 4.78 is 5.46. The van der Waals surface area contributed by atoms with Crippen LogP contribution in [0.3, 0.4) is 0 Å². The normalized spacial score (nSPS) is 23.1. The van der Waals surface area contributed by atoms with E-state index < -0.39 is 0 Å². The summed E-state index contributed by atoms with van der Waals surface area (Å²) in [6, 6.07) is 0.357. The first-order chi connectivity index (χ1) is 8.06. The third kappa shape index (κ3) is 3.30. The molecule has 100 valence electrons. The third-order valence-corrected chi connectivity index (χ3v) is 3.97. The lowest BCUT2D eigenvalue weighted by molar-refractivity contribution is -0.0273. The fourth-order valence-electron chi connectivity index (χ4n) is 2.81. The maximum Gasteiger partial charge on any atom is 0.0594 e. The molecule has 0 radical (unpaired) electrons. The maximum absolute atomic E-state index is 5.46. The van der Waals surface area contributed by atoms with Gasteiger partial charge < -0.3 is 10.1 Å². The molecule has 0 bridgehead atoms. The van der Waals surface area contributed by atoms with E-state index in [1.807, 2.05) is 0 Å². The van der Waals surface area contributed by atoms with E-state index in [0.717, 1.165) is 39.3 Å². The highest BCUT2D eigenvalue weighted by Gasteiger charge is 2.38. The molecule has 1 N–H and O–H groups in total. The molecule has 0 saturated carbocycles. The Hall–Kier alpha value is -0.380. The number of rotatable bonds is 6. The second kappa shape index (κ2) is 6.53. The second-order valence-electron chi connectivity index (χ2n) is 5.15. The number of likely N-dealkylation sites (N-methyl/N-ethyl adjacent to an activating group) is 1. The predicted molar refractivity (Wildman–Crippen MR) is 73.4 cm³/mol. The van der Waals surface area contributed by atoms with Crippen LogP contribution in [-0.4, -0.2) is 49.3 Å². The largest absolute Gasteiger partial charge is 0.379 e. The van der Waals surface area contributed by atoms with Gasteiger partial charge in [0.25, 0.3) is 0 Å². The maximum atomic E-state index is 5.46. The van der Waals surface area contributed by atoms with Crippen molar-refractivity contribution in [3.05, 3.63) is 12.2 Å². The van der Waals surface area contributed by atoms with Crippen molar-refractivity contribution >= 4 is 0 Å². The lowest BCUT2D eigenvalue weighted by Crippen LogP contribution is -2.62. The van der Waals surface area contributed by atoms with E-state index in [-0.39, 0.29) is 5.54 Å². The van der Waals surface area contributed by atoms with Crippen LogP contribution < -0.4 is 5.32 Å². The Morgan fingerprint density at radius 3 is 2.41 bits per heavy atom. The molecule has 3 nitrogen and oxygen atoms in total. The molecule has 0 spiro atoms. The smallest absolute Gasteiger partial charge is 0.0594 e. The van der Waals surface area contributed by atoms with Crippen molar-refractivity contribution in [3.63, 3.8) is 0 Å². The second-order valence-corrected chi connectivity index (χ2v) is 5.15. The van der Waals surface area contributed by atoms with E-state index in [4.69, 9.17) is 4.74 Å². The van der Waals surface area contributed by atoms with Gasteiger partial charge in [0, 0.05) is 24.7 Å². The van der Waals surface area contributed by atoms with Crippen molar-refractivity contribution in [2.24, 2.45) is 0 Å². The number of hydrogen-bond donors (Lipinski definition) is 1. The molecular weight excluding hydrogens is 212 g/mol. The zero-order chi connectivity index (χ0) is 12.9. The number of hydrogen-bond acceptors (Lipinski definition) is 3. The fourth-order valence-corrected chi connectivity index (χ4v) is 2.81. The zero-order valence-electron chi connectivity index (χ0n) is 11.9. The van der Waals surface area contributed by atoms with Crippen LogP contribution in [0, 0.1) is 0 Å². The van der Waals surface area contributed by atoms with Crippen molar-refractivity contribution in [1.82, 2.24) is 10.2 Å². The van der Waals surface area contributed by atoms with E-state index in [1.165, 1.54) is 5.57 Å². The van der Waals surface area contributed by atoms with Crippen LogP contribution in [0.2, 0.25) is 0 Å². The average Bonchev–Trinajstić information content (AvgIpc) is 2.35. The summed E-state index contributed by atoms with van der Waals surface area (Å²) in [7, 11) is 0. The average molecular weight is 240 g/mol. The van der Waals surface area contributed by atoms with Crippen LogP contribution in [0.1, 0.15) is 34.1 Å². The summed E-state index contributed by atoms with van der Waals surface area (Å²) in [5.41, 5.74) is 1.37. The Morgan fingerprint density at radius 1 is 1.41 bits per heavy atom. The summed E-state index contributed by atoms with van der Waals surface area (Å²) in [6.45, 7) is 17.8. The highest BCUT2D eigenvalue weighted by atomic mass is 16.5. The monoisotopic (exact) mass is 240 g/mol. The molecule has 1 aliphatic heterocycles. The van der Waals surface area contributed by atoms with Crippen LogP contribution in [0.15, 0.2) is 12.2 Å². The van der Waals surface area contributed by atoms with E-state index in [0.29, 0.717) is 6.04 Å². The molecule has 1 saturated heterocycles. The van der Waals surface area contributed by atoms with Gasteiger partial charge in [0.2, 0.25) is 0 Å². The van der Waals surface area contributed by atoms with Crippen LogP contribution >= 0.6 is 0 Å². The Bertz CT molecular complexity index is 249. The van der Waals surface area contributed by atoms with Crippen LogP contribution in [0.25, 0.3) is 0 Å². The minimum Gasteiger partial charge on any atom is -0.379 e. The van der Waals surface area contributed by atoms with E-state index in [1.54, 1.807) is 0 Å². The number of nitrogens with one attached hydrogen (secondary N) is 1. The standard InChI is InChI=1S/C14H28N2O/c1-6-14(5,13(12(3)4)15-7-2)16-8-10-17-11-9-16/h13,15H,3,6-11H2,1-2,4-5H3. The van der Waals surface area contributed by atoms with Gasteiger partial charge in [-0.25, -0.2) is 0 Å². The van der Waals surface area contributed by atoms with Crippen molar-refractivity contribution in [2.75, 3.05) is 32.8 Å². The first kappa shape index (κ1) is 14.7. The minimum absolute atomic E-state index is 0.144. The van der Waals surface area contributed by atoms with Crippen LogP contribution in [0.5, 0.6) is 0 Å². The summed E-state index contributed by atoms with van der Waals surface area (Å²) >= 11 is 0. The molecule has 0 aliphatic carbocycles. The first-order valence-corrected chi connectivity index (χ1v) is 6.77. The molecule has 1 aliphatic rings. The Kier molecular flexibility index (Phi) is 5.63. The van der Waals surface area contributed by atoms with Gasteiger partial charge in [-0.15, -0.1) is 0 Å². The van der Waals surface area contributed by atoms with Crippen LogP contribution in [-0.2, 0) is 4.74 Å². The Morgan fingerprint density at radius 2 is 2.00 bits per heavy atom. The van der Waals surface area contributed by atoms with E-state index >= 15 is 0 Å². The highest BCUT2D eigenvalue weighted by Crippen LogP contribution is 2.28. The molecule has 0 aromatic carbocycles. The van der Waals surface area contributed by atoms with Crippen molar-refractivity contribution in [3.8, 4) is 0 Å². The van der Waals surface area contributed by atoms with Gasteiger partial charge >= 0.3 is 0 Å². The van der Waals surface area contributed by atoms with Crippen molar-refractivity contribution in [2.45, 2.75) is 45.7 Å². The summed E-state index contributed by atoms with van der Waals surface area (Å²) in [4.78, 5) is 2.55. The molecule has 2 unspecified atom stereocenters. The molecular formula is C14H28N2O. The third-order valence-electron chi connectivity index (χ3n) is 3.97. The SMILES string of the molecule is C=C(C)C(NCC)C(C)(CC)N1CCOCC1. The van der Waals surface area contributed by atoms with E-state index in [9.17, 15) is 0 Å². The summed E-state index contributed by atoms with van der Waals surface area (Å²) in [5.74, 6) is 0. The Balaban J connectivity index is 2.85. The summed E-state index contributed by atoms with van der Waals surface area (Å²) in [6.07, 6.45) is 1.12. The lowest BCUT2D eigenvalue weighted by Gasteiger charge is -2.48. The fraction of sp³-hybridized carbons (Fsp3) is 0.857.